The van der Waals surface area contributed by atoms with Gasteiger partial charge >= 0.3 is 5.97 Å². The minimum Gasteiger partial charge on any atom is -0.493 e. The Morgan fingerprint density at radius 3 is 2.21 bits per heavy atom. The van der Waals surface area contributed by atoms with Crippen molar-refractivity contribution in [2.75, 3.05) is 27.4 Å². The highest BCUT2D eigenvalue weighted by Gasteiger charge is 2.15. The summed E-state index contributed by atoms with van der Waals surface area (Å²) in [4.78, 5) is 11.3. The van der Waals surface area contributed by atoms with Gasteiger partial charge < -0.3 is 24.1 Å². The SMILES string of the molecule is CCOC(=O)COc1c(OC)cc(CO)cc1OC. The third-order valence-electron chi connectivity index (χ3n) is 2.34. The first-order valence-electron chi connectivity index (χ1n) is 5.80. The molecule has 0 bridgehead atoms. The summed E-state index contributed by atoms with van der Waals surface area (Å²) in [5.41, 5.74) is 0.622. The maximum atomic E-state index is 11.3. The minimum absolute atomic E-state index is 0.148. The van der Waals surface area contributed by atoms with Crippen LogP contribution in [0, 0.1) is 0 Å². The first-order chi connectivity index (χ1) is 9.15. The van der Waals surface area contributed by atoms with Crippen molar-refractivity contribution in [3.05, 3.63) is 17.7 Å². The van der Waals surface area contributed by atoms with Crippen LogP contribution in [0.4, 0.5) is 0 Å². The second kappa shape index (κ2) is 7.48. The number of hydrogen-bond acceptors (Lipinski definition) is 6. The summed E-state index contributed by atoms with van der Waals surface area (Å²) < 4.78 is 20.4. The third kappa shape index (κ3) is 4.03. The second-order valence-corrected chi connectivity index (χ2v) is 3.58. The molecule has 0 spiro atoms. The number of benzene rings is 1. The Hall–Kier alpha value is -1.95. The fraction of sp³-hybridized carbons (Fsp3) is 0.462. The number of rotatable bonds is 7. The molecular weight excluding hydrogens is 252 g/mol. The van der Waals surface area contributed by atoms with Crippen LogP contribution in [0.1, 0.15) is 12.5 Å². The molecule has 19 heavy (non-hydrogen) atoms. The second-order valence-electron chi connectivity index (χ2n) is 3.58. The molecule has 0 aliphatic carbocycles. The standard InChI is InChI=1S/C13H18O6/c1-4-18-12(15)8-19-13-10(16-2)5-9(7-14)6-11(13)17-3/h5-6,14H,4,7-8H2,1-3H3. The van der Waals surface area contributed by atoms with Crippen LogP contribution in [0.25, 0.3) is 0 Å². The van der Waals surface area contributed by atoms with Crippen molar-refractivity contribution >= 4 is 5.97 Å². The normalized spacial score (nSPS) is 9.89. The molecule has 0 amide bonds. The molecule has 0 saturated heterocycles. The molecule has 1 N–H and O–H groups in total. The van der Waals surface area contributed by atoms with Gasteiger partial charge in [0.05, 0.1) is 27.4 Å². The number of aliphatic hydroxyl groups excluding tert-OH is 1. The van der Waals surface area contributed by atoms with E-state index in [9.17, 15) is 4.79 Å². The number of carbonyl (C=O) groups is 1. The molecule has 0 fully saturated rings. The van der Waals surface area contributed by atoms with Crippen molar-refractivity contribution in [1.82, 2.24) is 0 Å². The topological polar surface area (TPSA) is 74.2 Å². The average Bonchev–Trinajstić information content (AvgIpc) is 2.44. The van der Waals surface area contributed by atoms with E-state index in [1.165, 1.54) is 14.2 Å². The summed E-state index contributed by atoms with van der Waals surface area (Å²) in [5.74, 6) is 0.591. The molecule has 1 rings (SSSR count). The molecule has 6 nitrogen and oxygen atoms in total. The third-order valence-corrected chi connectivity index (χ3v) is 2.34. The van der Waals surface area contributed by atoms with E-state index >= 15 is 0 Å². The molecule has 0 unspecified atom stereocenters. The van der Waals surface area contributed by atoms with Crippen LogP contribution in [-0.2, 0) is 16.1 Å². The van der Waals surface area contributed by atoms with E-state index in [0.717, 1.165) is 0 Å². The summed E-state index contributed by atoms with van der Waals surface area (Å²) in [5, 5.41) is 9.13. The maximum Gasteiger partial charge on any atom is 0.344 e. The number of methoxy groups -OCH3 is 2. The van der Waals surface area contributed by atoms with Gasteiger partial charge in [0, 0.05) is 0 Å². The smallest absolute Gasteiger partial charge is 0.344 e. The van der Waals surface area contributed by atoms with Crippen LogP contribution < -0.4 is 14.2 Å². The molecule has 1 aromatic carbocycles. The molecule has 0 aliphatic rings. The molecule has 0 saturated carbocycles. The first-order valence-corrected chi connectivity index (χ1v) is 5.80. The zero-order valence-corrected chi connectivity index (χ0v) is 11.3. The van der Waals surface area contributed by atoms with E-state index in [1.807, 2.05) is 0 Å². The number of ether oxygens (including phenoxy) is 4. The lowest BCUT2D eigenvalue weighted by Gasteiger charge is -2.15. The van der Waals surface area contributed by atoms with Crippen LogP contribution in [0.5, 0.6) is 17.2 Å². The van der Waals surface area contributed by atoms with Gasteiger partial charge in [-0.15, -0.1) is 0 Å². The van der Waals surface area contributed by atoms with Gasteiger partial charge in [-0.25, -0.2) is 4.79 Å². The van der Waals surface area contributed by atoms with Gasteiger partial charge in [-0.3, -0.25) is 0 Å². The monoisotopic (exact) mass is 270 g/mol. The molecule has 0 aliphatic heterocycles. The minimum atomic E-state index is -0.474. The van der Waals surface area contributed by atoms with Crippen molar-refractivity contribution < 1.29 is 28.8 Å². The Morgan fingerprint density at radius 1 is 1.21 bits per heavy atom. The van der Waals surface area contributed by atoms with Crippen LogP contribution in [0.3, 0.4) is 0 Å². The van der Waals surface area contributed by atoms with Crippen molar-refractivity contribution in [3.8, 4) is 17.2 Å². The van der Waals surface area contributed by atoms with E-state index in [4.69, 9.17) is 24.1 Å². The van der Waals surface area contributed by atoms with Crippen LogP contribution in [0.15, 0.2) is 12.1 Å². The van der Waals surface area contributed by atoms with Crippen molar-refractivity contribution in [1.29, 1.82) is 0 Å². The van der Waals surface area contributed by atoms with Crippen molar-refractivity contribution in [3.63, 3.8) is 0 Å². The molecular formula is C13H18O6. The lowest BCUT2D eigenvalue weighted by Crippen LogP contribution is -2.15. The van der Waals surface area contributed by atoms with Gasteiger partial charge in [-0.2, -0.15) is 0 Å². The molecule has 106 valence electrons. The first kappa shape index (κ1) is 15.1. The van der Waals surface area contributed by atoms with Gasteiger partial charge in [0.25, 0.3) is 0 Å². The average molecular weight is 270 g/mol. The zero-order valence-electron chi connectivity index (χ0n) is 11.3. The van der Waals surface area contributed by atoms with E-state index in [-0.39, 0.29) is 13.2 Å². The lowest BCUT2D eigenvalue weighted by molar-refractivity contribution is -0.145. The van der Waals surface area contributed by atoms with E-state index in [1.54, 1.807) is 19.1 Å². The summed E-state index contributed by atoms with van der Waals surface area (Å²) >= 11 is 0. The number of aliphatic hydroxyl groups is 1. The summed E-state index contributed by atoms with van der Waals surface area (Å²) in [7, 11) is 2.93. The van der Waals surface area contributed by atoms with Gasteiger partial charge in [0.1, 0.15) is 0 Å². The Morgan fingerprint density at radius 2 is 1.79 bits per heavy atom. The molecule has 0 atom stereocenters. The van der Waals surface area contributed by atoms with Gasteiger partial charge in [0.15, 0.2) is 18.1 Å². The predicted octanol–water partition coefficient (Wildman–Crippen LogP) is 1.14. The molecule has 1 aromatic rings. The Labute approximate surface area is 111 Å². The van der Waals surface area contributed by atoms with Crippen molar-refractivity contribution in [2.45, 2.75) is 13.5 Å². The number of carbonyl (C=O) groups excluding carboxylic acids is 1. The molecule has 0 heterocycles. The summed E-state index contributed by atoms with van der Waals surface area (Å²) in [6, 6.07) is 3.23. The fourth-order valence-corrected chi connectivity index (χ4v) is 1.50. The summed E-state index contributed by atoms with van der Waals surface area (Å²) in [6.45, 7) is 1.62. The zero-order chi connectivity index (χ0) is 14.3. The number of esters is 1. The quantitative estimate of drug-likeness (QED) is 0.749. The molecule has 0 aromatic heterocycles. The fourth-order valence-electron chi connectivity index (χ4n) is 1.50. The van der Waals surface area contributed by atoms with Gasteiger partial charge in [-0.05, 0) is 24.6 Å². The Kier molecular flexibility index (Phi) is 5.95. The highest BCUT2D eigenvalue weighted by atomic mass is 16.6. The van der Waals surface area contributed by atoms with E-state index in [0.29, 0.717) is 29.4 Å². The van der Waals surface area contributed by atoms with Gasteiger partial charge in [0.2, 0.25) is 5.75 Å². The van der Waals surface area contributed by atoms with Crippen LogP contribution in [-0.4, -0.2) is 38.5 Å². The highest BCUT2D eigenvalue weighted by Crippen LogP contribution is 2.38. The molecule has 6 heteroatoms. The Bertz CT molecular complexity index is 404. The molecule has 0 radical (unpaired) electrons. The van der Waals surface area contributed by atoms with Gasteiger partial charge in [-0.1, -0.05) is 0 Å². The number of hydrogen-bond donors (Lipinski definition) is 1. The van der Waals surface area contributed by atoms with E-state index in [2.05, 4.69) is 0 Å². The lowest BCUT2D eigenvalue weighted by atomic mass is 10.2. The highest BCUT2D eigenvalue weighted by molar-refractivity contribution is 5.71. The van der Waals surface area contributed by atoms with E-state index < -0.39 is 5.97 Å². The predicted molar refractivity (Wildman–Crippen MR) is 67.6 cm³/mol. The summed E-state index contributed by atoms with van der Waals surface area (Å²) in [6.07, 6.45) is 0. The van der Waals surface area contributed by atoms with Crippen LogP contribution in [0.2, 0.25) is 0 Å². The van der Waals surface area contributed by atoms with Crippen molar-refractivity contribution in [2.24, 2.45) is 0 Å². The van der Waals surface area contributed by atoms with Crippen LogP contribution >= 0.6 is 0 Å². The Balaban J connectivity index is 2.94. The maximum absolute atomic E-state index is 11.3. The largest absolute Gasteiger partial charge is 0.493 e.